The Hall–Kier alpha value is -2.72. The first kappa shape index (κ1) is 19.6. The number of nitrogens with two attached hydrogens (primary N) is 1. The Labute approximate surface area is 180 Å². The molecule has 0 aromatic heterocycles. The van der Waals surface area contributed by atoms with Crippen LogP contribution in [0.15, 0.2) is 58.0 Å². The lowest BCUT2D eigenvalue weighted by atomic mass is 9.90. The molecule has 0 spiro atoms. The predicted molar refractivity (Wildman–Crippen MR) is 128 cm³/mol. The van der Waals surface area contributed by atoms with Gasteiger partial charge in [-0.2, -0.15) is 0 Å². The first-order valence-electron chi connectivity index (χ1n) is 9.86. The largest absolute Gasteiger partial charge is 0.384 e. The van der Waals surface area contributed by atoms with Crippen LogP contribution in [-0.4, -0.2) is 18.1 Å². The lowest BCUT2D eigenvalue weighted by Gasteiger charge is -2.20. The SMILES string of the molecule is CC(C)C1=NCCc2ccc(C=Cc3cc(Br)c4cc(C(=N)N)ccc4c3)cc21. The molecule has 3 aromatic rings. The highest BCUT2D eigenvalue weighted by Crippen LogP contribution is 2.28. The smallest absolute Gasteiger partial charge is 0.122 e. The second-order valence-electron chi connectivity index (χ2n) is 7.77. The maximum absolute atomic E-state index is 7.63. The molecule has 3 nitrogen and oxygen atoms in total. The van der Waals surface area contributed by atoms with Crippen LogP contribution in [0.4, 0.5) is 0 Å². The lowest BCUT2D eigenvalue weighted by molar-refractivity contribution is 0.839. The molecular weight excluding hydrogens is 422 g/mol. The van der Waals surface area contributed by atoms with E-state index in [1.54, 1.807) is 0 Å². The van der Waals surface area contributed by atoms with Gasteiger partial charge in [-0.15, -0.1) is 0 Å². The minimum atomic E-state index is 0.0829. The molecule has 1 heterocycles. The van der Waals surface area contributed by atoms with E-state index in [1.807, 2.05) is 18.2 Å². The molecule has 0 saturated heterocycles. The number of rotatable bonds is 4. The number of nitrogens with one attached hydrogen (secondary N) is 1. The highest BCUT2D eigenvalue weighted by atomic mass is 79.9. The second-order valence-corrected chi connectivity index (χ2v) is 8.63. The maximum atomic E-state index is 7.63. The van der Waals surface area contributed by atoms with Gasteiger partial charge in [0.1, 0.15) is 5.84 Å². The van der Waals surface area contributed by atoms with E-state index < -0.39 is 0 Å². The fourth-order valence-electron chi connectivity index (χ4n) is 3.82. The predicted octanol–water partition coefficient (Wildman–Crippen LogP) is 6.06. The zero-order chi connectivity index (χ0) is 20.5. The summed E-state index contributed by atoms with van der Waals surface area (Å²) < 4.78 is 0.998. The van der Waals surface area contributed by atoms with E-state index in [1.165, 1.54) is 22.4 Å². The van der Waals surface area contributed by atoms with Gasteiger partial charge in [0.2, 0.25) is 0 Å². The van der Waals surface area contributed by atoms with Crippen molar-refractivity contribution in [3.63, 3.8) is 0 Å². The van der Waals surface area contributed by atoms with Crippen molar-refractivity contribution in [3.05, 3.63) is 80.8 Å². The van der Waals surface area contributed by atoms with Crippen molar-refractivity contribution in [2.45, 2.75) is 20.3 Å². The van der Waals surface area contributed by atoms with Crippen LogP contribution in [-0.2, 0) is 6.42 Å². The Bertz CT molecular complexity index is 1170. The molecule has 4 heteroatoms. The van der Waals surface area contributed by atoms with Crippen molar-refractivity contribution in [2.75, 3.05) is 6.54 Å². The third-order valence-electron chi connectivity index (χ3n) is 5.33. The molecule has 146 valence electrons. The fraction of sp³-hybridized carbons (Fsp3) is 0.200. The monoisotopic (exact) mass is 445 g/mol. The van der Waals surface area contributed by atoms with E-state index in [9.17, 15) is 0 Å². The van der Waals surface area contributed by atoms with Gasteiger partial charge < -0.3 is 5.73 Å². The number of hydrogen-bond donors (Lipinski definition) is 2. The summed E-state index contributed by atoms with van der Waals surface area (Å²) >= 11 is 3.67. The van der Waals surface area contributed by atoms with Crippen LogP contribution in [0, 0.1) is 11.3 Å². The maximum Gasteiger partial charge on any atom is 0.122 e. The van der Waals surface area contributed by atoms with Gasteiger partial charge in [0, 0.05) is 22.3 Å². The van der Waals surface area contributed by atoms with Crippen molar-refractivity contribution < 1.29 is 0 Å². The molecule has 3 N–H and O–H groups in total. The van der Waals surface area contributed by atoms with Gasteiger partial charge in [-0.1, -0.05) is 66.2 Å². The van der Waals surface area contributed by atoms with Gasteiger partial charge in [-0.05, 0) is 69.6 Å². The summed E-state index contributed by atoms with van der Waals surface area (Å²) in [7, 11) is 0. The molecule has 3 aromatic carbocycles. The van der Waals surface area contributed by atoms with Crippen LogP contribution >= 0.6 is 15.9 Å². The summed E-state index contributed by atoms with van der Waals surface area (Å²) in [5.74, 6) is 0.518. The van der Waals surface area contributed by atoms with E-state index in [0.717, 1.165) is 39.3 Å². The number of aliphatic imine (C=N–C) groups is 1. The quantitative estimate of drug-likeness (QED) is 0.286. The van der Waals surface area contributed by atoms with Crippen molar-refractivity contribution in [3.8, 4) is 0 Å². The third-order valence-corrected chi connectivity index (χ3v) is 5.98. The number of benzene rings is 3. The van der Waals surface area contributed by atoms with E-state index in [0.29, 0.717) is 5.92 Å². The van der Waals surface area contributed by atoms with Gasteiger partial charge in [0.15, 0.2) is 0 Å². The third kappa shape index (κ3) is 4.03. The number of nitrogens with zero attached hydrogens (tertiary/aromatic N) is 1. The number of amidine groups is 1. The first-order chi connectivity index (χ1) is 13.9. The molecule has 0 radical (unpaired) electrons. The number of halogens is 1. The van der Waals surface area contributed by atoms with Crippen molar-refractivity contribution in [1.29, 1.82) is 5.41 Å². The van der Waals surface area contributed by atoms with Gasteiger partial charge in [-0.3, -0.25) is 10.4 Å². The lowest BCUT2D eigenvalue weighted by Crippen LogP contribution is -2.18. The van der Waals surface area contributed by atoms with E-state index in [2.05, 4.69) is 72.3 Å². The van der Waals surface area contributed by atoms with Crippen molar-refractivity contribution in [1.82, 2.24) is 0 Å². The van der Waals surface area contributed by atoms with Gasteiger partial charge in [0.05, 0.1) is 0 Å². The normalized spacial score (nSPS) is 13.7. The van der Waals surface area contributed by atoms with Crippen LogP contribution < -0.4 is 5.73 Å². The van der Waals surface area contributed by atoms with E-state index >= 15 is 0 Å². The topological polar surface area (TPSA) is 62.2 Å². The fourth-order valence-corrected chi connectivity index (χ4v) is 4.43. The van der Waals surface area contributed by atoms with Gasteiger partial charge in [0.25, 0.3) is 0 Å². The molecule has 0 amide bonds. The molecule has 0 atom stereocenters. The van der Waals surface area contributed by atoms with Crippen LogP contribution in [0.1, 0.15) is 41.7 Å². The standard InChI is InChI=1S/C25H24BrN3/c1-15(2)24-22-12-16(5-6-18(22)9-10-29-24)3-4-17-11-19-7-8-20(25(27)28)14-21(19)23(26)13-17/h3-8,11-15H,9-10H2,1-2H3,(H3,27,28). The first-order valence-corrected chi connectivity index (χ1v) is 10.6. The minimum Gasteiger partial charge on any atom is -0.384 e. The number of hydrogen-bond acceptors (Lipinski definition) is 2. The molecule has 4 rings (SSSR count). The summed E-state index contributed by atoms with van der Waals surface area (Å²) in [6, 6.07) is 16.8. The molecule has 29 heavy (non-hydrogen) atoms. The highest BCUT2D eigenvalue weighted by Gasteiger charge is 2.16. The highest BCUT2D eigenvalue weighted by molar-refractivity contribution is 9.10. The number of fused-ring (bicyclic) bond motifs is 2. The molecule has 0 bridgehead atoms. The zero-order valence-corrected chi connectivity index (χ0v) is 18.3. The Morgan fingerprint density at radius 2 is 1.86 bits per heavy atom. The Morgan fingerprint density at radius 1 is 1.07 bits per heavy atom. The second kappa shape index (κ2) is 7.96. The average molecular weight is 446 g/mol. The molecule has 0 saturated carbocycles. The van der Waals surface area contributed by atoms with E-state index in [4.69, 9.17) is 16.1 Å². The molecule has 0 fully saturated rings. The summed E-state index contributed by atoms with van der Waals surface area (Å²) in [6.45, 7) is 5.31. The summed E-state index contributed by atoms with van der Waals surface area (Å²) in [6.07, 6.45) is 5.32. The van der Waals surface area contributed by atoms with E-state index in [-0.39, 0.29) is 5.84 Å². The summed E-state index contributed by atoms with van der Waals surface area (Å²) in [5, 5.41) is 9.81. The van der Waals surface area contributed by atoms with Crippen LogP contribution in [0.3, 0.4) is 0 Å². The minimum absolute atomic E-state index is 0.0829. The van der Waals surface area contributed by atoms with Gasteiger partial charge in [-0.25, -0.2) is 0 Å². The molecule has 0 aliphatic carbocycles. The summed E-state index contributed by atoms with van der Waals surface area (Å²) in [5.41, 5.74) is 12.6. The summed E-state index contributed by atoms with van der Waals surface area (Å²) in [4.78, 5) is 4.76. The van der Waals surface area contributed by atoms with Crippen molar-refractivity contribution >= 4 is 50.4 Å². The Morgan fingerprint density at radius 3 is 2.62 bits per heavy atom. The molecule has 0 unspecified atom stereocenters. The molecule has 1 aliphatic heterocycles. The Kier molecular flexibility index (Phi) is 5.37. The Balaban J connectivity index is 1.67. The average Bonchev–Trinajstić information content (AvgIpc) is 2.71. The van der Waals surface area contributed by atoms with Gasteiger partial charge >= 0.3 is 0 Å². The zero-order valence-electron chi connectivity index (χ0n) is 16.7. The number of nitrogen functional groups attached to an aromatic ring is 1. The van der Waals surface area contributed by atoms with Crippen LogP contribution in [0.5, 0.6) is 0 Å². The molecule has 1 aliphatic rings. The molecular formula is C25H24BrN3. The van der Waals surface area contributed by atoms with Crippen molar-refractivity contribution in [2.24, 2.45) is 16.6 Å². The van der Waals surface area contributed by atoms with Crippen LogP contribution in [0.25, 0.3) is 22.9 Å². The van der Waals surface area contributed by atoms with Crippen LogP contribution in [0.2, 0.25) is 0 Å².